The number of aliphatic hydroxyl groups is 4. The Morgan fingerprint density at radius 2 is 2.00 bits per heavy atom. The van der Waals surface area contributed by atoms with Crippen LogP contribution < -0.4 is 21.1 Å². The maximum atomic E-state index is 13.0. The van der Waals surface area contributed by atoms with Gasteiger partial charge in [-0.05, 0) is 88.0 Å². The summed E-state index contributed by atoms with van der Waals surface area (Å²) >= 11 is 0. The number of nitrogens with zero attached hydrogens (tertiary/aromatic N) is 1. The van der Waals surface area contributed by atoms with E-state index in [9.17, 15) is 30.3 Å². The Kier molecular flexibility index (Phi) is 9.93. The SMILES string of the molecule is CN=C(N)[NH+]1CCC(CNCCO)C2(C1)C1CCC(C)C23CC(O)(COC2CCC(CCCO)C(O)C2)C(C(=O)[O-])=C3C1. The summed E-state index contributed by atoms with van der Waals surface area (Å²) in [5.41, 5.74) is 4.76. The lowest BCUT2D eigenvalue weighted by Crippen LogP contribution is -3.19. The molecule has 4 aliphatic carbocycles. The van der Waals surface area contributed by atoms with Crippen molar-refractivity contribution in [2.45, 2.75) is 88.9 Å². The van der Waals surface area contributed by atoms with E-state index in [0.717, 1.165) is 62.1 Å². The zero-order chi connectivity index (χ0) is 31.0. The molecule has 0 aromatic heterocycles. The summed E-state index contributed by atoms with van der Waals surface area (Å²) in [6.07, 6.45) is 6.26. The van der Waals surface area contributed by atoms with E-state index in [1.807, 2.05) is 0 Å². The number of hydrogen-bond donors (Lipinski definition) is 7. The van der Waals surface area contributed by atoms with Crippen molar-refractivity contribution in [2.24, 2.45) is 45.2 Å². The predicted octanol–water partition coefficient (Wildman–Crippen LogP) is -1.66. The number of guanidine groups is 1. The first-order valence-electron chi connectivity index (χ1n) is 16.5. The summed E-state index contributed by atoms with van der Waals surface area (Å²) in [5.74, 6) is -0.0198. The molecule has 1 saturated heterocycles. The highest BCUT2D eigenvalue weighted by Crippen LogP contribution is 2.76. The molecule has 2 bridgehead atoms. The van der Waals surface area contributed by atoms with E-state index in [0.29, 0.717) is 38.3 Å². The lowest BCUT2D eigenvalue weighted by molar-refractivity contribution is -0.828. The molecule has 2 spiro atoms. The highest BCUT2D eigenvalue weighted by Gasteiger charge is 2.75. The van der Waals surface area contributed by atoms with Crippen molar-refractivity contribution < 1.29 is 40.0 Å². The Labute approximate surface area is 255 Å². The van der Waals surface area contributed by atoms with Crippen molar-refractivity contribution in [3.8, 4) is 0 Å². The molecule has 1 heterocycles. The summed E-state index contributed by atoms with van der Waals surface area (Å²) in [6.45, 7) is 4.99. The van der Waals surface area contributed by atoms with Crippen molar-refractivity contribution in [2.75, 3.05) is 53.0 Å². The van der Waals surface area contributed by atoms with Crippen LogP contribution in [0.25, 0.3) is 0 Å². The maximum Gasteiger partial charge on any atom is 0.293 e. The number of aliphatic carboxylic acids is 1. The first-order chi connectivity index (χ1) is 20.6. The normalized spacial score (nSPS) is 42.9. The van der Waals surface area contributed by atoms with Gasteiger partial charge in [0.2, 0.25) is 0 Å². The Morgan fingerprint density at radius 3 is 2.67 bits per heavy atom. The molecule has 0 aromatic rings. The molecule has 10 atom stereocenters. The summed E-state index contributed by atoms with van der Waals surface area (Å²) < 4.78 is 6.30. The van der Waals surface area contributed by atoms with E-state index >= 15 is 0 Å². The number of piperidine rings is 1. The lowest BCUT2D eigenvalue weighted by Gasteiger charge is -2.60. The Balaban J connectivity index is 1.48. The number of aliphatic hydroxyl groups excluding tert-OH is 3. The monoisotopic (exact) mass is 606 g/mol. The molecule has 5 rings (SSSR count). The van der Waals surface area contributed by atoms with Gasteiger partial charge >= 0.3 is 0 Å². The summed E-state index contributed by atoms with van der Waals surface area (Å²) in [7, 11) is 1.71. The van der Waals surface area contributed by atoms with Gasteiger partial charge < -0.3 is 46.1 Å². The Morgan fingerprint density at radius 1 is 1.21 bits per heavy atom. The summed E-state index contributed by atoms with van der Waals surface area (Å²) in [4.78, 5) is 18.4. The molecule has 8 N–H and O–H groups in total. The molecule has 0 radical (unpaired) electrons. The molecule has 10 unspecified atom stereocenters. The standard InChI is InChI=1S/C32H54N4O7/c1-20-5-7-22-14-25-27(28(40)41)30(42,19-43-24-8-6-21(4-3-12-37)26(39)15-24)17-31(20,25)32(22)18-36(29(33)34-2)11-9-23(32)16-35-10-13-38/h20-24,26,35,37-39,42H,3-19H2,1-2H3,(H2,33,34)(H,40,41). The van der Waals surface area contributed by atoms with Crippen molar-refractivity contribution in [3.05, 3.63) is 11.1 Å². The highest BCUT2D eigenvalue weighted by molar-refractivity contribution is 5.90. The number of nitrogens with two attached hydrogens (primary N) is 1. The van der Waals surface area contributed by atoms with Gasteiger partial charge in [0.15, 0.2) is 0 Å². The number of carboxylic acid groups (broad SMARTS) is 1. The van der Waals surface area contributed by atoms with Crippen LogP contribution in [-0.4, -0.2) is 103 Å². The number of hydrogen-bond acceptors (Lipinski definition) is 9. The fourth-order valence-electron chi connectivity index (χ4n) is 10.6. The second-order valence-electron chi connectivity index (χ2n) is 14.2. The van der Waals surface area contributed by atoms with Gasteiger partial charge in [0.1, 0.15) is 5.60 Å². The molecular weight excluding hydrogens is 552 g/mol. The Bertz CT molecular complexity index is 1090. The maximum absolute atomic E-state index is 13.0. The molecule has 4 fully saturated rings. The van der Waals surface area contributed by atoms with Crippen LogP contribution in [0.1, 0.15) is 71.1 Å². The smallest absolute Gasteiger partial charge is 0.293 e. The minimum atomic E-state index is -1.69. The predicted molar refractivity (Wildman–Crippen MR) is 159 cm³/mol. The van der Waals surface area contributed by atoms with Gasteiger partial charge in [-0.25, -0.2) is 4.99 Å². The Hall–Kier alpha value is -1.60. The van der Waals surface area contributed by atoms with Gasteiger partial charge in [-0.2, -0.15) is 0 Å². The number of ether oxygens (including phenoxy) is 1. The molecule has 244 valence electrons. The van der Waals surface area contributed by atoms with Gasteiger partial charge in [0, 0.05) is 43.0 Å². The number of aliphatic imine (C=N–C) groups is 1. The van der Waals surface area contributed by atoms with E-state index < -0.39 is 23.1 Å². The van der Waals surface area contributed by atoms with Crippen LogP contribution >= 0.6 is 0 Å². The second-order valence-corrected chi connectivity index (χ2v) is 14.2. The number of likely N-dealkylation sites (tertiary alicyclic amines) is 1. The number of quaternary nitrogens is 1. The van der Waals surface area contributed by atoms with E-state index in [1.54, 1.807) is 7.05 Å². The summed E-state index contributed by atoms with van der Waals surface area (Å²) in [6, 6.07) is 0. The lowest BCUT2D eigenvalue weighted by atomic mass is 9.45. The van der Waals surface area contributed by atoms with Gasteiger partial charge in [-0.1, -0.05) is 12.5 Å². The van der Waals surface area contributed by atoms with Crippen LogP contribution in [0.3, 0.4) is 0 Å². The molecule has 5 aliphatic rings. The molecule has 11 nitrogen and oxygen atoms in total. The average Bonchev–Trinajstić information content (AvgIpc) is 3.33. The van der Waals surface area contributed by atoms with E-state index in [-0.39, 0.29) is 67.0 Å². The van der Waals surface area contributed by atoms with Gasteiger partial charge in [-0.3, -0.25) is 4.90 Å². The van der Waals surface area contributed by atoms with E-state index in [1.165, 1.54) is 0 Å². The van der Waals surface area contributed by atoms with Crippen LogP contribution in [0.2, 0.25) is 0 Å². The quantitative estimate of drug-likeness (QED) is 0.0822. The minimum absolute atomic E-state index is 0.0200. The van der Waals surface area contributed by atoms with Crippen LogP contribution in [0, 0.1) is 34.5 Å². The molecule has 0 amide bonds. The van der Waals surface area contributed by atoms with Gasteiger partial charge in [-0.15, -0.1) is 0 Å². The first kappa shape index (κ1) is 32.8. The highest BCUT2D eigenvalue weighted by atomic mass is 16.5. The molecule has 1 aliphatic heterocycles. The zero-order valence-corrected chi connectivity index (χ0v) is 26.0. The largest absolute Gasteiger partial charge is 0.545 e. The first-order valence-corrected chi connectivity index (χ1v) is 16.5. The van der Waals surface area contributed by atoms with Crippen LogP contribution in [0.4, 0.5) is 0 Å². The van der Waals surface area contributed by atoms with Crippen molar-refractivity contribution in [1.29, 1.82) is 0 Å². The van der Waals surface area contributed by atoms with Crippen molar-refractivity contribution >= 4 is 11.9 Å². The minimum Gasteiger partial charge on any atom is -0.545 e. The zero-order valence-electron chi connectivity index (χ0n) is 26.0. The number of carbonyl (C=O) groups excluding carboxylic acids is 1. The van der Waals surface area contributed by atoms with E-state index in [2.05, 4.69) is 17.2 Å². The van der Waals surface area contributed by atoms with Crippen LogP contribution in [0.15, 0.2) is 16.1 Å². The fraction of sp³-hybridized carbons (Fsp3) is 0.875. The third-order valence-corrected chi connectivity index (χ3v) is 12.4. The molecule has 11 heteroatoms. The molecule has 0 aromatic carbocycles. The average molecular weight is 607 g/mol. The fourth-order valence-corrected chi connectivity index (χ4v) is 10.6. The number of carboxylic acids is 1. The van der Waals surface area contributed by atoms with Crippen molar-refractivity contribution in [3.63, 3.8) is 0 Å². The van der Waals surface area contributed by atoms with Gasteiger partial charge in [0.25, 0.3) is 5.96 Å². The number of nitrogens with one attached hydrogen (secondary N) is 2. The van der Waals surface area contributed by atoms with Crippen LogP contribution in [0.5, 0.6) is 0 Å². The van der Waals surface area contributed by atoms with E-state index in [4.69, 9.17) is 10.5 Å². The third kappa shape index (κ3) is 5.47. The number of rotatable bonds is 11. The third-order valence-electron chi connectivity index (χ3n) is 12.4. The van der Waals surface area contributed by atoms with Gasteiger partial charge in [0.05, 0.1) is 44.5 Å². The second kappa shape index (κ2) is 13.0. The van der Waals surface area contributed by atoms with Crippen LogP contribution in [-0.2, 0) is 9.53 Å². The number of allylic oxidation sites excluding steroid dienone is 1. The van der Waals surface area contributed by atoms with Crippen molar-refractivity contribution in [1.82, 2.24) is 5.32 Å². The molecule has 3 saturated carbocycles. The topological polar surface area (TPSA) is 185 Å². The number of carbonyl (C=O) groups is 1. The molecule has 43 heavy (non-hydrogen) atoms. The molecular formula is C32H54N4O7. The summed E-state index contributed by atoms with van der Waals surface area (Å²) in [5, 5.41) is 58.2.